The van der Waals surface area contributed by atoms with Crippen LogP contribution in [0.2, 0.25) is 0 Å². The Morgan fingerprint density at radius 1 is 0.655 bits per heavy atom. The molecule has 2 atom stereocenters. The van der Waals surface area contributed by atoms with Gasteiger partial charge in [-0.1, -0.05) is 71.1 Å². The Hall–Kier alpha value is -0.480. The van der Waals surface area contributed by atoms with E-state index in [-0.39, 0.29) is 11.5 Å². The maximum atomic E-state index is 9.52. The molecule has 0 spiro atoms. The van der Waals surface area contributed by atoms with Crippen molar-refractivity contribution in [3.05, 3.63) is 23.8 Å². The van der Waals surface area contributed by atoms with Crippen LogP contribution in [0.4, 0.5) is 0 Å². The lowest BCUT2D eigenvalue weighted by atomic mass is 10.0. The van der Waals surface area contributed by atoms with E-state index in [1.165, 1.54) is 83.1 Å². The first-order valence-corrected chi connectivity index (χ1v) is 14.3. The predicted octanol–water partition coefficient (Wildman–Crippen LogP) is 8.19. The van der Waals surface area contributed by atoms with Gasteiger partial charge < -0.3 is 10.2 Å². The van der Waals surface area contributed by atoms with Gasteiger partial charge >= 0.3 is 0 Å². The Labute approximate surface area is 188 Å². The van der Waals surface area contributed by atoms with Crippen molar-refractivity contribution >= 4 is 23.5 Å². The molecule has 4 heteroatoms. The molecule has 0 saturated carbocycles. The molecule has 168 valence electrons. The Kier molecular flexibility index (Phi) is 15.8. The van der Waals surface area contributed by atoms with Crippen LogP contribution < -0.4 is 0 Å². The fourth-order valence-corrected chi connectivity index (χ4v) is 6.39. The number of thioether (sulfide) groups is 2. The smallest absolute Gasteiger partial charge is 0.119 e. The third-order valence-electron chi connectivity index (χ3n) is 5.78. The molecule has 1 aromatic rings. The topological polar surface area (TPSA) is 40.5 Å². The van der Waals surface area contributed by atoms with Gasteiger partial charge in [-0.25, -0.2) is 0 Å². The van der Waals surface area contributed by atoms with Gasteiger partial charge in [0.05, 0.1) is 0 Å². The molecule has 0 amide bonds. The number of benzene rings is 1. The number of hydrogen-bond acceptors (Lipinski definition) is 4. The molecule has 0 fully saturated rings. The van der Waals surface area contributed by atoms with E-state index >= 15 is 0 Å². The van der Waals surface area contributed by atoms with Gasteiger partial charge in [0.15, 0.2) is 0 Å². The van der Waals surface area contributed by atoms with Gasteiger partial charge in [0, 0.05) is 16.6 Å². The number of phenolic OH excluding ortho intramolecular Hbond substituents is 2. The summed E-state index contributed by atoms with van der Waals surface area (Å²) >= 11 is 4.17. The van der Waals surface area contributed by atoms with Crippen LogP contribution in [0.1, 0.15) is 96.0 Å². The summed E-state index contributed by atoms with van der Waals surface area (Å²) in [6.45, 7) is 2.29. The third kappa shape index (κ3) is 12.7. The van der Waals surface area contributed by atoms with Crippen molar-refractivity contribution in [3.63, 3.8) is 0 Å². The second-order valence-electron chi connectivity index (χ2n) is 8.27. The Morgan fingerprint density at radius 2 is 1.10 bits per heavy atom. The second kappa shape index (κ2) is 17.2. The first-order chi connectivity index (χ1) is 14.1. The molecule has 1 rings (SSSR count). The maximum Gasteiger partial charge on any atom is 0.119 e. The minimum atomic E-state index is 0.161. The molecule has 0 saturated heterocycles. The molecule has 1 aromatic carbocycles. The quantitative estimate of drug-likeness (QED) is 0.226. The van der Waals surface area contributed by atoms with Gasteiger partial charge in [0.1, 0.15) is 11.5 Å². The normalized spacial score (nSPS) is 13.5. The average Bonchev–Trinajstić information content (AvgIpc) is 2.69. The van der Waals surface area contributed by atoms with Crippen LogP contribution in [0.5, 0.6) is 11.5 Å². The molecule has 0 radical (unpaired) electrons. The highest BCUT2D eigenvalue weighted by molar-refractivity contribution is 8.03. The summed E-state index contributed by atoms with van der Waals surface area (Å²) in [6, 6.07) is 4.90. The summed E-state index contributed by atoms with van der Waals surface area (Å²) < 4.78 is 0. The zero-order valence-corrected chi connectivity index (χ0v) is 20.6. The molecule has 2 unspecified atom stereocenters. The van der Waals surface area contributed by atoms with Crippen molar-refractivity contribution in [1.82, 2.24) is 0 Å². The van der Waals surface area contributed by atoms with Crippen molar-refractivity contribution < 1.29 is 10.2 Å². The average molecular weight is 441 g/mol. The maximum absolute atomic E-state index is 9.52. The molecule has 0 aliphatic rings. The van der Waals surface area contributed by atoms with Crippen LogP contribution in [0.15, 0.2) is 18.2 Å². The summed E-state index contributed by atoms with van der Waals surface area (Å²) in [6.07, 6.45) is 22.9. The van der Waals surface area contributed by atoms with Gasteiger partial charge in [0.25, 0.3) is 0 Å². The van der Waals surface area contributed by atoms with E-state index in [0.29, 0.717) is 0 Å². The van der Waals surface area contributed by atoms with Gasteiger partial charge in [-0.2, -0.15) is 23.5 Å². The van der Waals surface area contributed by atoms with E-state index in [0.717, 1.165) is 28.9 Å². The Bertz CT molecular complexity index is 501. The van der Waals surface area contributed by atoms with Crippen molar-refractivity contribution in [2.45, 2.75) is 107 Å². The minimum Gasteiger partial charge on any atom is -0.508 e. The molecule has 0 aromatic heterocycles. The molecule has 0 aliphatic heterocycles. The van der Waals surface area contributed by atoms with Gasteiger partial charge in [0.2, 0.25) is 0 Å². The van der Waals surface area contributed by atoms with Crippen molar-refractivity contribution in [3.8, 4) is 11.5 Å². The molecule has 0 aliphatic carbocycles. The highest BCUT2D eigenvalue weighted by Gasteiger charge is 2.18. The first kappa shape index (κ1) is 26.6. The van der Waals surface area contributed by atoms with E-state index in [2.05, 4.69) is 43.0 Å². The highest BCUT2D eigenvalue weighted by Crippen LogP contribution is 2.30. The van der Waals surface area contributed by atoms with Gasteiger partial charge in [-0.3, -0.25) is 0 Å². The molecule has 2 nitrogen and oxygen atoms in total. The van der Waals surface area contributed by atoms with E-state index in [9.17, 15) is 10.2 Å². The lowest BCUT2D eigenvalue weighted by Crippen LogP contribution is -2.19. The molecule has 29 heavy (non-hydrogen) atoms. The van der Waals surface area contributed by atoms with E-state index in [1.807, 2.05) is 0 Å². The summed E-state index contributed by atoms with van der Waals surface area (Å²) in [5, 5.41) is 20.7. The number of hydrogen-bond donors (Lipinski definition) is 2. The fraction of sp³-hybridized carbons (Fsp3) is 0.760. The van der Waals surface area contributed by atoms with Crippen LogP contribution in [-0.4, -0.2) is 33.2 Å². The number of rotatable bonds is 18. The monoisotopic (exact) mass is 440 g/mol. The highest BCUT2D eigenvalue weighted by atomic mass is 32.2. The summed E-state index contributed by atoms with van der Waals surface area (Å²) in [5.41, 5.74) is 1.03. The van der Waals surface area contributed by atoms with Crippen LogP contribution in [0, 0.1) is 0 Å². The molecular formula is C25H44O2S2. The predicted molar refractivity (Wildman–Crippen MR) is 134 cm³/mol. The second-order valence-corrected chi connectivity index (χ2v) is 10.4. The van der Waals surface area contributed by atoms with E-state index in [1.54, 1.807) is 12.1 Å². The summed E-state index contributed by atoms with van der Waals surface area (Å²) in [5.74, 6) is 0.321. The lowest BCUT2D eigenvalue weighted by molar-refractivity contribution is 0.449. The molecular weight excluding hydrogens is 396 g/mol. The molecule has 0 heterocycles. The zero-order chi connectivity index (χ0) is 21.3. The van der Waals surface area contributed by atoms with Crippen LogP contribution in [0.3, 0.4) is 0 Å². The molecule has 0 bridgehead atoms. The lowest BCUT2D eigenvalue weighted by Gasteiger charge is -2.24. The van der Waals surface area contributed by atoms with Crippen molar-refractivity contribution in [1.29, 1.82) is 0 Å². The minimum absolute atomic E-state index is 0.161. The fourth-order valence-electron chi connectivity index (χ4n) is 4.04. The van der Waals surface area contributed by atoms with E-state index < -0.39 is 0 Å². The third-order valence-corrected chi connectivity index (χ3v) is 8.29. The zero-order valence-electron chi connectivity index (χ0n) is 19.0. The van der Waals surface area contributed by atoms with Crippen molar-refractivity contribution in [2.24, 2.45) is 0 Å². The SMILES string of the molecule is CCCCCC(SC)C(CCCCCCCCCCc1cc(O)cc(O)c1)SC. The number of unbranched alkanes of at least 4 members (excludes halogenated alkanes) is 9. The van der Waals surface area contributed by atoms with Gasteiger partial charge in [-0.15, -0.1) is 0 Å². The number of phenols is 2. The largest absolute Gasteiger partial charge is 0.508 e. The van der Waals surface area contributed by atoms with E-state index in [4.69, 9.17) is 0 Å². The van der Waals surface area contributed by atoms with Crippen molar-refractivity contribution in [2.75, 3.05) is 12.5 Å². The first-order valence-electron chi connectivity index (χ1n) is 11.7. The van der Waals surface area contributed by atoms with Gasteiger partial charge in [-0.05, 0) is 55.9 Å². The number of aromatic hydroxyl groups is 2. The number of aryl methyl sites for hydroxylation is 1. The van der Waals surface area contributed by atoms with Crippen LogP contribution in [-0.2, 0) is 6.42 Å². The Balaban J connectivity index is 2.02. The molecule has 2 N–H and O–H groups in total. The van der Waals surface area contributed by atoms with Crippen LogP contribution in [0.25, 0.3) is 0 Å². The summed E-state index contributed by atoms with van der Waals surface area (Å²) in [7, 11) is 0. The van der Waals surface area contributed by atoms with Crippen LogP contribution >= 0.6 is 23.5 Å². The summed E-state index contributed by atoms with van der Waals surface area (Å²) in [4.78, 5) is 0. The Morgan fingerprint density at radius 3 is 1.59 bits per heavy atom. The standard InChI is InChI=1S/C25H44O2S2/c1-4-5-12-16-24(28-2)25(29-3)17-14-11-9-7-6-8-10-13-15-21-18-22(26)20-23(27)19-21/h18-20,24-27H,4-17H2,1-3H3.